The van der Waals surface area contributed by atoms with Gasteiger partial charge in [-0.3, -0.25) is 0 Å². The summed E-state index contributed by atoms with van der Waals surface area (Å²) in [7, 11) is -3.22. The van der Waals surface area contributed by atoms with E-state index in [1.54, 1.807) is 0 Å². The molecule has 0 atom stereocenters. The molecular weight excluding hydrogens is 596 g/mol. The zero-order chi connectivity index (χ0) is 29.5. The fourth-order valence-corrected chi connectivity index (χ4v) is 1.19. The number of rotatable bonds is 10. The molecule has 37 heavy (non-hydrogen) atoms. The van der Waals surface area contributed by atoms with Crippen molar-refractivity contribution in [1.82, 2.24) is 0 Å². The molecule has 0 saturated carbocycles. The van der Waals surface area contributed by atoms with Gasteiger partial charge in [-0.05, 0) is 66.0 Å². The predicted molar refractivity (Wildman–Crippen MR) is 146 cm³/mol. The Bertz CT molecular complexity index is 637. The minimum absolute atomic E-state index is 0. The number of esters is 2. The minimum atomic E-state index is -1.61. The van der Waals surface area contributed by atoms with Crippen LogP contribution in [-0.2, 0) is 54.9 Å². The third kappa shape index (κ3) is 60.8. The summed E-state index contributed by atoms with van der Waals surface area (Å²) in [6, 6.07) is 0. The molecule has 0 aliphatic heterocycles. The van der Waals surface area contributed by atoms with E-state index in [9.17, 15) is 19.2 Å². The fraction of sp³-hybridized carbons (Fsp3) is 0.667. The molecular formula is C24H48O10Si2Zr. The molecule has 0 aliphatic carbocycles. The molecule has 0 unspecified atom stereocenters. The molecule has 0 aromatic carbocycles. The van der Waals surface area contributed by atoms with Crippen molar-refractivity contribution in [3.05, 3.63) is 23.3 Å². The van der Waals surface area contributed by atoms with Crippen molar-refractivity contribution in [1.29, 1.82) is 0 Å². The average Bonchev–Trinajstić information content (AvgIpc) is 2.66. The molecule has 0 aliphatic rings. The van der Waals surface area contributed by atoms with Gasteiger partial charge in [-0.1, -0.05) is 26.7 Å². The van der Waals surface area contributed by atoms with E-state index in [1.807, 2.05) is 53.1 Å². The molecule has 0 saturated heterocycles. The number of unbranched alkanes of at least 4 members (excludes halogenated alkanes) is 2. The maximum atomic E-state index is 10.9. The average molecular weight is 644 g/mol. The first-order chi connectivity index (χ1) is 16.1. The van der Waals surface area contributed by atoms with Crippen molar-refractivity contribution < 1.29 is 74.7 Å². The number of aliphatic carboxylic acids is 2. The van der Waals surface area contributed by atoms with Crippen molar-refractivity contribution in [2.75, 3.05) is 13.2 Å². The zero-order valence-corrected chi connectivity index (χ0v) is 28.6. The number of carbonyl (C=O) groups is 4. The van der Waals surface area contributed by atoms with Crippen LogP contribution in [0.5, 0.6) is 0 Å². The van der Waals surface area contributed by atoms with E-state index in [2.05, 4.69) is 0 Å². The third-order valence-corrected chi connectivity index (χ3v) is 2.83. The van der Waals surface area contributed by atoms with Gasteiger partial charge in [0.1, 0.15) is 0 Å². The first kappa shape index (κ1) is 45.5. The quantitative estimate of drug-likeness (QED) is 0.116. The summed E-state index contributed by atoms with van der Waals surface area (Å²) in [5.74, 6) is -3.39. The molecule has 0 amide bonds. The minimum Gasteiger partial charge on any atom is -0.478 e. The molecule has 0 heterocycles. The largest absolute Gasteiger partial charge is 0.478 e. The van der Waals surface area contributed by atoms with Crippen LogP contribution in [-0.4, -0.2) is 73.5 Å². The van der Waals surface area contributed by atoms with E-state index < -0.39 is 40.5 Å². The van der Waals surface area contributed by atoms with Crippen molar-refractivity contribution in [3.63, 3.8) is 0 Å². The number of hydrogen-bond donors (Lipinski definition) is 4. The molecule has 0 fully saturated rings. The summed E-state index contributed by atoms with van der Waals surface area (Å²) < 4.78 is 9.45. The Morgan fingerprint density at radius 1 is 0.649 bits per heavy atom. The maximum absolute atomic E-state index is 10.9. The molecule has 13 heteroatoms. The van der Waals surface area contributed by atoms with E-state index in [1.165, 1.54) is 13.8 Å². The van der Waals surface area contributed by atoms with E-state index in [4.69, 9.17) is 29.3 Å². The van der Waals surface area contributed by atoms with Gasteiger partial charge in [0.25, 0.3) is 0 Å². The van der Waals surface area contributed by atoms with Crippen LogP contribution in [0, 0.1) is 0 Å². The summed E-state index contributed by atoms with van der Waals surface area (Å²) in [6.45, 7) is 18.6. The van der Waals surface area contributed by atoms with Crippen molar-refractivity contribution in [2.45, 2.75) is 92.7 Å². The Balaban J connectivity index is -0.000000133. The van der Waals surface area contributed by atoms with Crippen LogP contribution in [0.1, 0.15) is 53.4 Å². The molecule has 216 valence electrons. The van der Waals surface area contributed by atoms with Crippen LogP contribution in [0.15, 0.2) is 23.3 Å². The topological polar surface area (TPSA) is 168 Å². The van der Waals surface area contributed by atoms with Gasteiger partial charge in [0.05, 0.1) is 13.2 Å². The van der Waals surface area contributed by atoms with Crippen molar-refractivity contribution in [3.8, 4) is 0 Å². The molecule has 0 bridgehead atoms. The summed E-state index contributed by atoms with van der Waals surface area (Å²) >= 11 is 0. The Morgan fingerprint density at radius 2 is 0.865 bits per heavy atom. The van der Waals surface area contributed by atoms with Gasteiger partial charge in [0.15, 0.2) is 16.6 Å². The zero-order valence-electron chi connectivity index (χ0n) is 24.1. The number of carboxylic acid groups (broad SMARTS) is 2. The summed E-state index contributed by atoms with van der Waals surface area (Å²) in [4.78, 5) is 59.6. The molecule has 4 N–H and O–H groups in total. The Labute approximate surface area is 243 Å². The maximum Gasteiger partial charge on any atom is 0.331 e. The Morgan fingerprint density at radius 3 is 1.03 bits per heavy atom. The molecule has 0 spiro atoms. The van der Waals surface area contributed by atoms with Crippen LogP contribution in [0.25, 0.3) is 0 Å². The summed E-state index contributed by atoms with van der Waals surface area (Å²) in [6.07, 6.45) is 5.44. The van der Waals surface area contributed by atoms with E-state index >= 15 is 0 Å². The Hall–Kier alpha value is -1.40. The van der Waals surface area contributed by atoms with Crippen LogP contribution in [0.3, 0.4) is 0 Å². The van der Waals surface area contributed by atoms with Crippen LogP contribution < -0.4 is 0 Å². The fourth-order valence-electron chi connectivity index (χ4n) is 1.19. The summed E-state index contributed by atoms with van der Waals surface area (Å²) in [5.41, 5.74) is -0.0250. The number of hydrogen-bond acceptors (Lipinski definition) is 8. The predicted octanol–water partition coefficient (Wildman–Crippen LogP) is 4.35. The van der Waals surface area contributed by atoms with Gasteiger partial charge in [-0.25, -0.2) is 19.2 Å². The Kier molecular flexibility index (Phi) is 32.2. The van der Waals surface area contributed by atoms with Crippen molar-refractivity contribution in [2.24, 2.45) is 0 Å². The summed E-state index contributed by atoms with van der Waals surface area (Å²) in [5, 5.41) is 16.9. The standard InChI is InChI=1S/2C9H14O4.2C3H10OSi.Zr/c2*1-3-4-5-13-8(10)6-7(2)9(11)12;2*1-5(2,3)4;/h2*6H,3-5H2,1-2H3,(H,11,12);2*4H,1-3H3;/b2*7-6-;;;. The normalized spacial score (nSPS) is 11.0. The second-order valence-corrected chi connectivity index (χ2v) is 18.3. The van der Waals surface area contributed by atoms with Crippen molar-refractivity contribution >= 4 is 40.5 Å². The number of carboxylic acids is 2. The van der Waals surface area contributed by atoms with Gasteiger partial charge in [-0.15, -0.1) is 0 Å². The third-order valence-electron chi connectivity index (χ3n) is 2.83. The van der Waals surface area contributed by atoms with Gasteiger partial charge in [0, 0.05) is 49.5 Å². The second-order valence-electron chi connectivity index (χ2n) is 9.65. The van der Waals surface area contributed by atoms with Crippen LogP contribution >= 0.6 is 0 Å². The van der Waals surface area contributed by atoms with Crippen LogP contribution in [0.4, 0.5) is 0 Å². The van der Waals surface area contributed by atoms with E-state index in [-0.39, 0.29) is 37.3 Å². The van der Waals surface area contributed by atoms with E-state index in [0.29, 0.717) is 13.2 Å². The van der Waals surface area contributed by atoms with E-state index in [0.717, 1.165) is 37.8 Å². The first-order valence-electron chi connectivity index (χ1n) is 11.8. The smallest absolute Gasteiger partial charge is 0.331 e. The molecule has 0 radical (unpaired) electrons. The number of ether oxygens (including phenoxy) is 2. The van der Waals surface area contributed by atoms with Gasteiger partial charge in [0.2, 0.25) is 0 Å². The molecule has 0 aromatic rings. The first-order valence-corrected chi connectivity index (χ1v) is 18.7. The van der Waals surface area contributed by atoms with Gasteiger partial charge < -0.3 is 29.3 Å². The molecule has 10 nitrogen and oxygen atoms in total. The molecule has 0 aromatic heterocycles. The van der Waals surface area contributed by atoms with Gasteiger partial charge >= 0.3 is 23.9 Å². The monoisotopic (exact) mass is 642 g/mol. The number of carbonyl (C=O) groups excluding carboxylic acids is 2. The van der Waals surface area contributed by atoms with Gasteiger partial charge in [-0.2, -0.15) is 0 Å². The van der Waals surface area contributed by atoms with Crippen LogP contribution in [0.2, 0.25) is 39.3 Å². The molecule has 0 rings (SSSR count). The SMILES string of the molecule is CCCCOC(=O)/C=C(/C)C(=O)O.CCCCOC(=O)/C=C(/C)C(=O)O.C[Si](C)(C)O.C[Si](C)(C)O.[Zr]. The second kappa shape index (κ2) is 26.2.